The van der Waals surface area contributed by atoms with E-state index in [1.165, 1.54) is 25.4 Å². The van der Waals surface area contributed by atoms with Crippen LogP contribution in [-0.2, 0) is 0 Å². The SMILES string of the molecule is CN(CCC(F)(F)F)C(=O)c1ccnc(N)c1. The van der Waals surface area contributed by atoms with Crippen LogP contribution in [0.25, 0.3) is 0 Å². The van der Waals surface area contributed by atoms with Crippen molar-refractivity contribution in [2.45, 2.75) is 12.6 Å². The molecule has 0 aromatic carbocycles. The fourth-order valence-corrected chi connectivity index (χ4v) is 1.20. The van der Waals surface area contributed by atoms with E-state index in [0.717, 1.165) is 4.90 Å². The van der Waals surface area contributed by atoms with Gasteiger partial charge in [-0.15, -0.1) is 0 Å². The van der Waals surface area contributed by atoms with Gasteiger partial charge in [0.25, 0.3) is 5.91 Å². The predicted molar refractivity (Wildman–Crippen MR) is 56.3 cm³/mol. The lowest BCUT2D eigenvalue weighted by atomic mass is 10.2. The molecule has 2 N–H and O–H groups in total. The molecule has 1 aromatic rings. The maximum Gasteiger partial charge on any atom is 0.390 e. The first-order valence-electron chi connectivity index (χ1n) is 4.83. The van der Waals surface area contributed by atoms with E-state index in [1.54, 1.807) is 0 Å². The molecule has 4 nitrogen and oxygen atoms in total. The van der Waals surface area contributed by atoms with Crippen LogP contribution in [0.5, 0.6) is 0 Å². The molecule has 0 saturated heterocycles. The van der Waals surface area contributed by atoms with Crippen molar-refractivity contribution in [2.75, 3.05) is 19.3 Å². The van der Waals surface area contributed by atoms with E-state index in [2.05, 4.69) is 4.98 Å². The summed E-state index contributed by atoms with van der Waals surface area (Å²) >= 11 is 0. The van der Waals surface area contributed by atoms with E-state index in [9.17, 15) is 18.0 Å². The normalized spacial score (nSPS) is 11.3. The Morgan fingerprint density at radius 1 is 1.53 bits per heavy atom. The van der Waals surface area contributed by atoms with Crippen molar-refractivity contribution >= 4 is 11.7 Å². The molecule has 1 amide bonds. The van der Waals surface area contributed by atoms with Crippen LogP contribution in [0.1, 0.15) is 16.8 Å². The van der Waals surface area contributed by atoms with Gasteiger partial charge in [-0.3, -0.25) is 4.79 Å². The second-order valence-electron chi connectivity index (χ2n) is 3.56. The summed E-state index contributed by atoms with van der Waals surface area (Å²) in [6.07, 6.45) is -3.97. The second-order valence-corrected chi connectivity index (χ2v) is 3.56. The Hall–Kier alpha value is -1.79. The second kappa shape index (κ2) is 5.03. The molecule has 94 valence electrons. The minimum Gasteiger partial charge on any atom is -0.384 e. The summed E-state index contributed by atoms with van der Waals surface area (Å²) in [5.74, 6) is -0.358. The van der Waals surface area contributed by atoms with Crippen molar-refractivity contribution in [1.82, 2.24) is 9.88 Å². The van der Waals surface area contributed by atoms with Gasteiger partial charge in [0.15, 0.2) is 0 Å². The number of nitrogens with zero attached hydrogens (tertiary/aromatic N) is 2. The lowest BCUT2D eigenvalue weighted by Crippen LogP contribution is -2.30. The molecule has 7 heteroatoms. The number of pyridine rings is 1. The quantitative estimate of drug-likeness (QED) is 0.884. The van der Waals surface area contributed by atoms with Crippen LogP contribution in [-0.4, -0.2) is 35.6 Å². The van der Waals surface area contributed by atoms with Crippen molar-refractivity contribution in [3.05, 3.63) is 23.9 Å². The van der Waals surface area contributed by atoms with Crippen LogP contribution < -0.4 is 5.73 Å². The summed E-state index contributed by atoms with van der Waals surface area (Å²) in [6, 6.07) is 2.73. The molecule has 0 atom stereocenters. The Bertz CT molecular complexity index is 406. The Kier molecular flexibility index (Phi) is 3.93. The number of aromatic nitrogens is 1. The van der Waals surface area contributed by atoms with Gasteiger partial charge in [0, 0.05) is 25.4 Å². The highest BCUT2D eigenvalue weighted by atomic mass is 19.4. The van der Waals surface area contributed by atoms with Crippen molar-refractivity contribution < 1.29 is 18.0 Å². The molecule has 0 aliphatic carbocycles. The van der Waals surface area contributed by atoms with Gasteiger partial charge in [-0.1, -0.05) is 0 Å². The highest BCUT2D eigenvalue weighted by Gasteiger charge is 2.28. The minimum absolute atomic E-state index is 0.153. The molecular weight excluding hydrogens is 235 g/mol. The Labute approximate surface area is 96.2 Å². The summed E-state index contributed by atoms with van der Waals surface area (Å²) in [5, 5.41) is 0. The molecule has 0 aliphatic rings. The van der Waals surface area contributed by atoms with Gasteiger partial charge < -0.3 is 10.6 Å². The first kappa shape index (κ1) is 13.3. The van der Waals surface area contributed by atoms with E-state index < -0.39 is 18.5 Å². The van der Waals surface area contributed by atoms with Crippen LogP contribution >= 0.6 is 0 Å². The van der Waals surface area contributed by atoms with E-state index >= 15 is 0 Å². The number of hydrogen-bond acceptors (Lipinski definition) is 3. The van der Waals surface area contributed by atoms with Gasteiger partial charge in [-0.05, 0) is 12.1 Å². The molecule has 1 heterocycles. The van der Waals surface area contributed by atoms with Gasteiger partial charge in [0.2, 0.25) is 0 Å². The van der Waals surface area contributed by atoms with E-state index in [-0.39, 0.29) is 17.9 Å². The lowest BCUT2D eigenvalue weighted by molar-refractivity contribution is -0.136. The number of nitrogen functional groups attached to an aromatic ring is 1. The number of carbonyl (C=O) groups is 1. The van der Waals surface area contributed by atoms with Gasteiger partial charge in [0.05, 0.1) is 6.42 Å². The first-order valence-corrected chi connectivity index (χ1v) is 4.83. The number of nitrogens with two attached hydrogens (primary N) is 1. The maximum absolute atomic E-state index is 12.0. The molecule has 1 rings (SSSR count). The molecule has 0 bridgehead atoms. The summed E-state index contributed by atoms with van der Waals surface area (Å²) in [6.45, 7) is -0.384. The summed E-state index contributed by atoms with van der Waals surface area (Å²) in [5.41, 5.74) is 5.60. The van der Waals surface area contributed by atoms with Crippen molar-refractivity contribution in [2.24, 2.45) is 0 Å². The molecule has 0 saturated carbocycles. The van der Waals surface area contributed by atoms with Gasteiger partial charge in [-0.2, -0.15) is 13.2 Å². The Morgan fingerprint density at radius 2 is 2.18 bits per heavy atom. The molecule has 17 heavy (non-hydrogen) atoms. The van der Waals surface area contributed by atoms with E-state index in [0.29, 0.717) is 0 Å². The standard InChI is InChI=1S/C10H12F3N3O/c1-16(5-3-10(11,12)13)9(17)7-2-4-15-8(14)6-7/h2,4,6H,3,5H2,1H3,(H2,14,15). The van der Waals surface area contributed by atoms with Crippen LogP contribution in [0.2, 0.25) is 0 Å². The predicted octanol–water partition coefficient (Wildman–Crippen LogP) is 1.69. The van der Waals surface area contributed by atoms with Gasteiger partial charge >= 0.3 is 6.18 Å². The van der Waals surface area contributed by atoms with Crippen molar-refractivity contribution in [3.8, 4) is 0 Å². The summed E-state index contributed by atoms with van der Waals surface area (Å²) in [7, 11) is 1.31. The summed E-state index contributed by atoms with van der Waals surface area (Å²) in [4.78, 5) is 16.4. The molecule has 0 spiro atoms. The zero-order valence-electron chi connectivity index (χ0n) is 9.16. The third-order valence-corrected chi connectivity index (χ3v) is 2.11. The van der Waals surface area contributed by atoms with Gasteiger partial charge in [-0.25, -0.2) is 4.98 Å². The first-order chi connectivity index (χ1) is 7.79. The van der Waals surface area contributed by atoms with Crippen LogP contribution in [0.15, 0.2) is 18.3 Å². The average molecular weight is 247 g/mol. The number of anilines is 1. The number of carbonyl (C=O) groups excluding carboxylic acids is 1. The fourth-order valence-electron chi connectivity index (χ4n) is 1.20. The molecule has 0 aliphatic heterocycles. The molecule has 0 radical (unpaired) electrons. The fraction of sp³-hybridized carbons (Fsp3) is 0.400. The van der Waals surface area contributed by atoms with Crippen LogP contribution in [0, 0.1) is 0 Å². The monoisotopic (exact) mass is 247 g/mol. The molecule has 0 fully saturated rings. The van der Waals surface area contributed by atoms with Crippen LogP contribution in [0.3, 0.4) is 0 Å². The maximum atomic E-state index is 12.0. The van der Waals surface area contributed by atoms with Crippen molar-refractivity contribution in [3.63, 3.8) is 0 Å². The number of hydrogen-bond donors (Lipinski definition) is 1. The van der Waals surface area contributed by atoms with E-state index in [1.807, 2.05) is 0 Å². The Balaban J connectivity index is 2.64. The number of halogens is 3. The van der Waals surface area contributed by atoms with E-state index in [4.69, 9.17) is 5.73 Å². The molecule has 0 unspecified atom stereocenters. The topological polar surface area (TPSA) is 59.2 Å². The molecular formula is C10H12F3N3O. The lowest BCUT2D eigenvalue weighted by Gasteiger charge is -2.18. The number of amides is 1. The zero-order valence-corrected chi connectivity index (χ0v) is 9.16. The van der Waals surface area contributed by atoms with Crippen LogP contribution in [0.4, 0.5) is 19.0 Å². The number of alkyl halides is 3. The zero-order chi connectivity index (χ0) is 13.1. The Morgan fingerprint density at radius 3 is 2.71 bits per heavy atom. The minimum atomic E-state index is -4.27. The number of rotatable bonds is 3. The third kappa shape index (κ3) is 4.29. The smallest absolute Gasteiger partial charge is 0.384 e. The van der Waals surface area contributed by atoms with Crippen molar-refractivity contribution in [1.29, 1.82) is 0 Å². The molecule has 1 aromatic heterocycles. The highest BCUT2D eigenvalue weighted by molar-refractivity contribution is 5.94. The third-order valence-electron chi connectivity index (χ3n) is 2.11. The highest BCUT2D eigenvalue weighted by Crippen LogP contribution is 2.19. The summed E-state index contributed by atoms with van der Waals surface area (Å²) < 4.78 is 35.9. The largest absolute Gasteiger partial charge is 0.390 e. The average Bonchev–Trinajstić information content (AvgIpc) is 2.24. The van der Waals surface area contributed by atoms with Gasteiger partial charge in [0.1, 0.15) is 5.82 Å².